The van der Waals surface area contributed by atoms with Crippen LogP contribution in [0.15, 0.2) is 90.7 Å². The minimum Gasteiger partial charge on any atom is -0.494 e. The summed E-state index contributed by atoms with van der Waals surface area (Å²) in [6, 6.07) is 17.5. The van der Waals surface area contributed by atoms with E-state index in [1.807, 2.05) is 68.4 Å². The lowest BCUT2D eigenvalue weighted by Crippen LogP contribution is -2.41. The van der Waals surface area contributed by atoms with Crippen LogP contribution in [0.25, 0.3) is 5.57 Å². The molecule has 0 spiro atoms. The minimum atomic E-state index is -0.768. The number of fused-ring (bicyclic) bond motifs is 1. The van der Waals surface area contributed by atoms with Crippen molar-refractivity contribution >= 4 is 23.0 Å². The number of rotatable bonds is 11. The molecule has 9 nitrogen and oxygen atoms in total. The molecule has 2 atom stereocenters. The predicted molar refractivity (Wildman–Crippen MR) is 171 cm³/mol. The van der Waals surface area contributed by atoms with E-state index in [2.05, 4.69) is 16.1 Å². The van der Waals surface area contributed by atoms with E-state index in [9.17, 15) is 4.79 Å². The maximum Gasteiger partial charge on any atom is 0.251 e. The van der Waals surface area contributed by atoms with Crippen molar-refractivity contribution in [1.29, 1.82) is 5.41 Å². The zero-order valence-corrected chi connectivity index (χ0v) is 25.1. The van der Waals surface area contributed by atoms with Crippen molar-refractivity contribution in [3.63, 3.8) is 0 Å². The highest BCUT2D eigenvalue weighted by molar-refractivity contribution is 6.01. The van der Waals surface area contributed by atoms with Gasteiger partial charge >= 0.3 is 0 Å². The standard InChI is InChI=1S/C34H37FN6O3/c1-5-43-23-17-27(31(35)30(18-23)44-20(2)3)33(39-22-15-13-21(14-16-22)32(36)37)41-19-28-25(11-8-12-29(28)40-41)24-9-6-7-10-26(24)34(42)38-4/h6-20,29,33,39-40H,5H2,1-4H3,(H3,36,37)(H,38,42). The zero-order chi connectivity index (χ0) is 31.4. The van der Waals surface area contributed by atoms with E-state index in [4.69, 9.17) is 20.6 Å². The van der Waals surface area contributed by atoms with Gasteiger partial charge in [0.25, 0.3) is 5.91 Å². The Hall–Kier alpha value is -5.09. The van der Waals surface area contributed by atoms with Crippen molar-refractivity contribution in [1.82, 2.24) is 15.8 Å². The second-order valence-corrected chi connectivity index (χ2v) is 10.7. The molecule has 1 amide bonds. The van der Waals surface area contributed by atoms with Crippen LogP contribution >= 0.6 is 0 Å². The van der Waals surface area contributed by atoms with Crippen LogP contribution in [0.2, 0.25) is 0 Å². The van der Waals surface area contributed by atoms with Gasteiger partial charge in [-0.25, -0.2) is 9.82 Å². The van der Waals surface area contributed by atoms with Crippen molar-refractivity contribution in [2.75, 3.05) is 19.0 Å². The number of halogens is 1. The molecule has 0 aromatic heterocycles. The number of anilines is 1. The SMILES string of the molecule is CCOc1cc(OC(C)C)c(F)c(C(Nc2ccc(C(=N)N)cc2)N2C=C3C(c4ccccc4C(=O)NC)=CC=CC3N2)c1. The van der Waals surface area contributed by atoms with Crippen LogP contribution in [0.3, 0.4) is 0 Å². The van der Waals surface area contributed by atoms with Crippen molar-refractivity contribution < 1.29 is 18.7 Å². The molecule has 0 saturated carbocycles. The summed E-state index contributed by atoms with van der Waals surface area (Å²) >= 11 is 0. The smallest absolute Gasteiger partial charge is 0.251 e. The van der Waals surface area contributed by atoms with E-state index in [0.29, 0.717) is 34.7 Å². The fourth-order valence-corrected chi connectivity index (χ4v) is 5.27. The van der Waals surface area contributed by atoms with Crippen molar-refractivity contribution in [3.05, 3.63) is 119 Å². The van der Waals surface area contributed by atoms with Crippen LogP contribution in [-0.2, 0) is 0 Å². The number of carbonyl (C=O) groups is 1. The van der Waals surface area contributed by atoms with Crippen LogP contribution in [0.1, 0.15) is 54.0 Å². The van der Waals surface area contributed by atoms with Gasteiger partial charge < -0.3 is 25.8 Å². The summed E-state index contributed by atoms with van der Waals surface area (Å²) in [5.74, 6) is -0.188. The van der Waals surface area contributed by atoms with E-state index in [1.54, 1.807) is 49.5 Å². The number of nitrogens with one attached hydrogen (secondary N) is 4. The first-order valence-corrected chi connectivity index (χ1v) is 14.5. The third kappa shape index (κ3) is 6.30. The molecule has 2 aliphatic rings. The number of nitrogen functional groups attached to an aromatic ring is 1. The Balaban J connectivity index is 1.61. The van der Waals surface area contributed by atoms with Crippen LogP contribution < -0.4 is 31.3 Å². The van der Waals surface area contributed by atoms with Crippen LogP contribution in [0, 0.1) is 11.2 Å². The number of amides is 1. The lowest BCUT2D eigenvalue weighted by atomic mass is 9.87. The summed E-state index contributed by atoms with van der Waals surface area (Å²) in [5, 5.41) is 15.7. The summed E-state index contributed by atoms with van der Waals surface area (Å²) in [6.45, 7) is 5.94. The number of nitrogens with two attached hydrogens (primary N) is 1. The highest BCUT2D eigenvalue weighted by Crippen LogP contribution is 2.39. The average Bonchev–Trinajstić information content (AvgIpc) is 3.45. The lowest BCUT2D eigenvalue weighted by molar-refractivity contribution is 0.0963. The fraction of sp³-hybridized carbons (Fsp3) is 0.235. The summed E-state index contributed by atoms with van der Waals surface area (Å²) in [5.41, 5.74) is 13.9. The third-order valence-electron chi connectivity index (χ3n) is 7.25. The molecule has 0 fully saturated rings. The Bertz CT molecular complexity index is 1650. The van der Waals surface area contributed by atoms with Gasteiger partial charge in [0.2, 0.25) is 0 Å². The maximum absolute atomic E-state index is 16.3. The van der Waals surface area contributed by atoms with E-state index in [-0.39, 0.29) is 29.6 Å². The quantitative estimate of drug-likeness (QED) is 0.146. The number of allylic oxidation sites excluding steroid dienone is 2. The van der Waals surface area contributed by atoms with Crippen molar-refractivity contribution in [3.8, 4) is 11.5 Å². The van der Waals surface area contributed by atoms with Gasteiger partial charge in [-0.2, -0.15) is 0 Å². The number of nitrogens with zero attached hydrogens (tertiary/aromatic N) is 1. The van der Waals surface area contributed by atoms with E-state index in [0.717, 1.165) is 16.7 Å². The van der Waals surface area contributed by atoms with Gasteiger partial charge in [-0.05, 0) is 68.3 Å². The van der Waals surface area contributed by atoms with Crippen LogP contribution in [0.4, 0.5) is 10.1 Å². The third-order valence-corrected chi connectivity index (χ3v) is 7.25. The Morgan fingerprint density at radius 1 is 1.16 bits per heavy atom. The maximum atomic E-state index is 16.3. The number of carbonyl (C=O) groups excluding carboxylic acids is 1. The number of amidine groups is 1. The molecule has 5 rings (SSSR count). The van der Waals surface area contributed by atoms with Crippen molar-refractivity contribution in [2.45, 2.75) is 39.1 Å². The molecule has 2 unspecified atom stereocenters. The predicted octanol–water partition coefficient (Wildman–Crippen LogP) is 5.49. The molecule has 0 bridgehead atoms. The van der Waals surface area contributed by atoms with Crippen LogP contribution in [0.5, 0.6) is 11.5 Å². The number of hydrazine groups is 1. The molecule has 1 heterocycles. The molecule has 10 heteroatoms. The second-order valence-electron chi connectivity index (χ2n) is 10.7. The summed E-state index contributed by atoms with van der Waals surface area (Å²) < 4.78 is 28.0. The first kappa shape index (κ1) is 30.4. The van der Waals surface area contributed by atoms with Gasteiger partial charge in [0, 0.05) is 47.3 Å². The fourth-order valence-electron chi connectivity index (χ4n) is 5.27. The Morgan fingerprint density at radius 3 is 2.59 bits per heavy atom. The van der Waals surface area contributed by atoms with E-state index >= 15 is 4.39 Å². The second kappa shape index (κ2) is 13.0. The topological polar surface area (TPSA) is 125 Å². The number of hydrogen-bond donors (Lipinski definition) is 5. The van der Waals surface area contributed by atoms with Gasteiger partial charge in [-0.15, -0.1) is 0 Å². The molecule has 44 heavy (non-hydrogen) atoms. The number of hydrogen-bond acceptors (Lipinski definition) is 7. The molecule has 0 saturated heterocycles. The first-order valence-electron chi connectivity index (χ1n) is 14.5. The average molecular weight is 597 g/mol. The lowest BCUT2D eigenvalue weighted by Gasteiger charge is -2.32. The molecule has 1 aliphatic heterocycles. The zero-order valence-electron chi connectivity index (χ0n) is 25.1. The monoisotopic (exact) mass is 596 g/mol. The van der Waals surface area contributed by atoms with Gasteiger partial charge in [0.1, 0.15) is 17.8 Å². The first-order chi connectivity index (χ1) is 21.2. The number of ether oxygens (including phenoxy) is 2. The Morgan fingerprint density at radius 2 is 1.91 bits per heavy atom. The summed E-state index contributed by atoms with van der Waals surface area (Å²) in [4.78, 5) is 12.7. The largest absolute Gasteiger partial charge is 0.494 e. The normalized spacial score (nSPS) is 16.1. The molecule has 0 radical (unpaired) electrons. The minimum absolute atomic E-state index is 0.0443. The van der Waals surface area contributed by atoms with Gasteiger partial charge in [0.05, 0.1) is 18.8 Å². The summed E-state index contributed by atoms with van der Waals surface area (Å²) in [6.07, 6.45) is 6.84. The van der Waals surface area contributed by atoms with Crippen LogP contribution in [-0.4, -0.2) is 42.6 Å². The summed E-state index contributed by atoms with van der Waals surface area (Å²) in [7, 11) is 1.61. The molecular weight excluding hydrogens is 559 g/mol. The van der Waals surface area contributed by atoms with Gasteiger partial charge in [-0.1, -0.05) is 36.4 Å². The van der Waals surface area contributed by atoms with Gasteiger partial charge in [-0.3, -0.25) is 15.2 Å². The Kier molecular flexibility index (Phi) is 9.01. The molecular formula is C34H37FN6O3. The van der Waals surface area contributed by atoms with E-state index < -0.39 is 12.0 Å². The Labute approximate surface area is 256 Å². The number of benzene rings is 3. The molecule has 6 N–H and O–H groups in total. The highest BCUT2D eigenvalue weighted by atomic mass is 19.1. The highest BCUT2D eigenvalue weighted by Gasteiger charge is 2.34. The van der Waals surface area contributed by atoms with Crippen molar-refractivity contribution in [2.24, 2.45) is 5.73 Å². The molecule has 1 aliphatic carbocycles. The van der Waals surface area contributed by atoms with E-state index in [1.165, 1.54) is 0 Å². The molecule has 3 aromatic rings. The van der Waals surface area contributed by atoms with Gasteiger partial charge in [0.15, 0.2) is 11.6 Å². The molecule has 3 aromatic carbocycles. The molecule has 228 valence electrons.